The van der Waals surface area contributed by atoms with Crippen molar-refractivity contribution in [3.8, 4) is 0 Å². The molecular weight excluding hydrogens is 332 g/mol. The Morgan fingerprint density at radius 2 is 2.33 bits per heavy atom. The van der Waals surface area contributed by atoms with Gasteiger partial charge in [0.05, 0.1) is 20.4 Å². The summed E-state index contributed by atoms with van der Waals surface area (Å²) in [5.41, 5.74) is 3.95. The molecule has 0 aliphatic carbocycles. The molecule has 2 rings (SSSR count). The Labute approximate surface area is 123 Å². The number of hydrogen-bond acceptors (Lipinski definition) is 6. The average molecular weight is 347 g/mol. The van der Waals surface area contributed by atoms with Crippen LogP contribution in [0.3, 0.4) is 0 Å². The highest BCUT2D eigenvalue weighted by atomic mass is 79.9. The van der Waals surface area contributed by atoms with E-state index in [0.717, 1.165) is 33.6 Å². The lowest BCUT2D eigenvalue weighted by Crippen LogP contribution is -2.29. The third kappa shape index (κ3) is 3.36. The van der Waals surface area contributed by atoms with Gasteiger partial charge >= 0.3 is 0 Å². The molecule has 98 valence electrons. The summed E-state index contributed by atoms with van der Waals surface area (Å²) in [7, 11) is 0. The number of thiophene rings is 1. The van der Waals surface area contributed by atoms with Gasteiger partial charge in [0.25, 0.3) is 0 Å². The smallest absolute Gasteiger partial charge is 0.0804 e. The topological polar surface area (TPSA) is 63.8 Å². The summed E-state index contributed by atoms with van der Waals surface area (Å²) >= 11 is 6.65. The predicted octanol–water partition coefficient (Wildman–Crippen LogP) is 3.06. The van der Waals surface area contributed by atoms with Crippen molar-refractivity contribution in [3.05, 3.63) is 31.4 Å². The van der Waals surface area contributed by atoms with Crippen molar-refractivity contribution >= 4 is 38.8 Å². The Balaban J connectivity index is 2.14. The number of nitrogens with one attached hydrogen (secondary N) is 1. The molecule has 0 aromatic carbocycles. The Bertz CT molecular complexity index is 497. The van der Waals surface area contributed by atoms with Gasteiger partial charge in [0, 0.05) is 11.3 Å². The summed E-state index contributed by atoms with van der Waals surface area (Å²) in [6.07, 6.45) is 2.89. The fourth-order valence-corrected chi connectivity index (χ4v) is 4.06. The average Bonchev–Trinajstić information content (AvgIpc) is 2.96. The summed E-state index contributed by atoms with van der Waals surface area (Å²) in [5, 5.41) is 4.19. The van der Waals surface area contributed by atoms with Crippen LogP contribution in [0.2, 0.25) is 0 Å². The number of hydrazine groups is 1. The summed E-state index contributed by atoms with van der Waals surface area (Å²) in [5.74, 6) is 5.68. The maximum absolute atomic E-state index is 5.68. The Hall–Kier alpha value is -0.340. The second kappa shape index (κ2) is 6.72. The molecule has 0 aliphatic heterocycles. The summed E-state index contributed by atoms with van der Waals surface area (Å²) in [4.78, 5) is 2.45. The first-order valence-electron chi connectivity index (χ1n) is 5.76. The lowest BCUT2D eigenvalue weighted by Gasteiger charge is -2.13. The third-order valence-corrected chi connectivity index (χ3v) is 5.15. The maximum Gasteiger partial charge on any atom is 0.0804 e. The standard InChI is InChI=1S/C11H15BrN4S2/c1-2-3-8-11(18-16-15-8)9(14-13)6-7-4-5-10(12)17-7/h4-5,9,14H,2-3,6,13H2,1H3. The minimum atomic E-state index is 0.0945. The van der Waals surface area contributed by atoms with Crippen LogP contribution in [0.4, 0.5) is 0 Å². The first kappa shape index (κ1) is 14.1. The highest BCUT2D eigenvalue weighted by molar-refractivity contribution is 9.11. The van der Waals surface area contributed by atoms with Gasteiger partial charge in [-0.25, -0.2) is 0 Å². The molecule has 7 heteroatoms. The molecule has 2 heterocycles. The monoisotopic (exact) mass is 346 g/mol. The van der Waals surface area contributed by atoms with Gasteiger partial charge in [-0.1, -0.05) is 17.8 Å². The van der Waals surface area contributed by atoms with Crippen molar-refractivity contribution in [2.45, 2.75) is 32.2 Å². The minimum absolute atomic E-state index is 0.0945. The van der Waals surface area contributed by atoms with E-state index in [1.807, 2.05) is 0 Å². The van der Waals surface area contributed by atoms with Crippen LogP contribution in [0, 0.1) is 0 Å². The SMILES string of the molecule is CCCc1nnsc1C(Cc1ccc(Br)s1)NN. The molecule has 0 bridgehead atoms. The minimum Gasteiger partial charge on any atom is -0.271 e. The van der Waals surface area contributed by atoms with Crippen molar-refractivity contribution < 1.29 is 0 Å². The number of halogens is 1. The molecule has 0 spiro atoms. The molecule has 3 N–H and O–H groups in total. The van der Waals surface area contributed by atoms with Crippen LogP contribution in [0.1, 0.15) is 34.8 Å². The summed E-state index contributed by atoms with van der Waals surface area (Å²) < 4.78 is 5.19. The van der Waals surface area contributed by atoms with Gasteiger partial charge in [0.15, 0.2) is 0 Å². The third-order valence-electron chi connectivity index (χ3n) is 2.62. The van der Waals surface area contributed by atoms with Crippen LogP contribution in [0.25, 0.3) is 0 Å². The second-order valence-corrected chi connectivity index (χ2v) is 7.30. The number of rotatable bonds is 6. The van der Waals surface area contributed by atoms with Gasteiger partial charge in [-0.2, -0.15) is 0 Å². The first-order chi connectivity index (χ1) is 8.74. The molecule has 1 atom stereocenters. The van der Waals surface area contributed by atoms with E-state index in [4.69, 9.17) is 5.84 Å². The lowest BCUT2D eigenvalue weighted by atomic mass is 10.1. The zero-order valence-corrected chi connectivity index (χ0v) is 13.2. The molecule has 2 aromatic rings. The molecular formula is C11H15BrN4S2. The zero-order chi connectivity index (χ0) is 13.0. The highest BCUT2D eigenvalue weighted by Gasteiger charge is 2.18. The summed E-state index contributed by atoms with van der Waals surface area (Å²) in [6.45, 7) is 2.14. The molecule has 0 amide bonds. The predicted molar refractivity (Wildman–Crippen MR) is 79.7 cm³/mol. The molecule has 0 saturated carbocycles. The van der Waals surface area contributed by atoms with Crippen LogP contribution in [-0.2, 0) is 12.8 Å². The molecule has 0 fully saturated rings. The van der Waals surface area contributed by atoms with E-state index in [1.54, 1.807) is 11.3 Å². The van der Waals surface area contributed by atoms with Crippen LogP contribution >= 0.6 is 38.8 Å². The fourth-order valence-electron chi connectivity index (χ4n) is 1.78. The fraction of sp³-hybridized carbons (Fsp3) is 0.455. The van der Waals surface area contributed by atoms with Crippen molar-refractivity contribution in [1.82, 2.24) is 15.0 Å². The van der Waals surface area contributed by atoms with E-state index in [0.29, 0.717) is 0 Å². The molecule has 1 unspecified atom stereocenters. The van der Waals surface area contributed by atoms with Gasteiger partial charge < -0.3 is 0 Å². The van der Waals surface area contributed by atoms with E-state index in [-0.39, 0.29) is 6.04 Å². The number of nitrogens with two attached hydrogens (primary N) is 1. The van der Waals surface area contributed by atoms with Gasteiger partial charge in [-0.05, 0) is 46.0 Å². The van der Waals surface area contributed by atoms with Gasteiger partial charge in [-0.15, -0.1) is 16.4 Å². The number of aryl methyl sites for hydroxylation is 1. The van der Waals surface area contributed by atoms with Crippen molar-refractivity contribution in [2.24, 2.45) is 5.84 Å². The first-order valence-corrected chi connectivity index (χ1v) is 8.14. The molecule has 18 heavy (non-hydrogen) atoms. The molecule has 0 radical (unpaired) electrons. The van der Waals surface area contributed by atoms with Crippen molar-refractivity contribution in [3.63, 3.8) is 0 Å². The van der Waals surface area contributed by atoms with E-state index in [1.165, 1.54) is 16.4 Å². The van der Waals surface area contributed by atoms with Crippen molar-refractivity contribution in [2.75, 3.05) is 0 Å². The summed E-state index contributed by atoms with van der Waals surface area (Å²) in [6, 6.07) is 4.27. The Kier molecular flexibility index (Phi) is 5.25. The molecule has 0 saturated heterocycles. The van der Waals surface area contributed by atoms with Crippen LogP contribution in [0.15, 0.2) is 15.9 Å². The Morgan fingerprint density at radius 3 is 2.94 bits per heavy atom. The van der Waals surface area contributed by atoms with Crippen LogP contribution in [0.5, 0.6) is 0 Å². The van der Waals surface area contributed by atoms with E-state index in [2.05, 4.69) is 50.0 Å². The molecule has 2 aromatic heterocycles. The van der Waals surface area contributed by atoms with Crippen molar-refractivity contribution in [1.29, 1.82) is 0 Å². The molecule has 0 aliphatic rings. The number of nitrogens with zero attached hydrogens (tertiary/aromatic N) is 2. The zero-order valence-electron chi connectivity index (χ0n) is 10.0. The van der Waals surface area contributed by atoms with Gasteiger partial charge in [0.2, 0.25) is 0 Å². The number of hydrogen-bond donors (Lipinski definition) is 2. The lowest BCUT2D eigenvalue weighted by molar-refractivity contribution is 0.557. The normalized spacial score (nSPS) is 12.8. The van der Waals surface area contributed by atoms with Crippen LogP contribution < -0.4 is 11.3 Å². The maximum atomic E-state index is 5.68. The van der Waals surface area contributed by atoms with Gasteiger partial charge in [-0.3, -0.25) is 11.3 Å². The molecule has 4 nitrogen and oxygen atoms in total. The van der Waals surface area contributed by atoms with E-state index < -0.39 is 0 Å². The van der Waals surface area contributed by atoms with Crippen LogP contribution in [-0.4, -0.2) is 9.59 Å². The second-order valence-electron chi connectivity index (χ2n) is 3.96. The Morgan fingerprint density at radius 1 is 1.50 bits per heavy atom. The largest absolute Gasteiger partial charge is 0.271 e. The van der Waals surface area contributed by atoms with E-state index in [9.17, 15) is 0 Å². The highest BCUT2D eigenvalue weighted by Crippen LogP contribution is 2.29. The van der Waals surface area contributed by atoms with Gasteiger partial charge in [0.1, 0.15) is 0 Å². The quantitative estimate of drug-likeness (QED) is 0.623. The van der Waals surface area contributed by atoms with E-state index >= 15 is 0 Å². The number of aromatic nitrogens is 2.